The Kier molecular flexibility index (Phi) is 4.32. The fourth-order valence-electron chi connectivity index (χ4n) is 2.73. The molecule has 0 radical (unpaired) electrons. The summed E-state index contributed by atoms with van der Waals surface area (Å²) in [6, 6.07) is 2.83. The summed E-state index contributed by atoms with van der Waals surface area (Å²) < 4.78 is 18.8. The maximum Gasteiger partial charge on any atom is 0.272 e. The second kappa shape index (κ2) is 6.25. The van der Waals surface area contributed by atoms with E-state index in [9.17, 15) is 9.18 Å². The third-order valence-corrected chi connectivity index (χ3v) is 4.10. The number of morpholine rings is 1. The number of nitrogens with zero attached hydrogens (tertiary/aromatic N) is 3. The molecule has 1 aliphatic heterocycles. The van der Waals surface area contributed by atoms with Crippen molar-refractivity contribution in [2.24, 2.45) is 0 Å². The van der Waals surface area contributed by atoms with E-state index < -0.39 is 11.5 Å². The zero-order valence-electron chi connectivity index (χ0n) is 12.7. The van der Waals surface area contributed by atoms with Crippen LogP contribution in [0.15, 0.2) is 23.1 Å². The molecule has 0 aliphatic carbocycles. The molecule has 3 rings (SSSR count). The van der Waals surface area contributed by atoms with Crippen LogP contribution in [-0.4, -0.2) is 40.2 Å². The number of H-pyrrole nitrogens is 1. The zero-order chi connectivity index (χ0) is 16.6. The molecule has 1 saturated heterocycles. The van der Waals surface area contributed by atoms with Crippen molar-refractivity contribution in [2.45, 2.75) is 25.9 Å². The zero-order valence-corrected chi connectivity index (χ0v) is 13.5. The lowest BCUT2D eigenvalue weighted by atomic mass is 10.1. The molecule has 8 heteroatoms. The Labute approximate surface area is 137 Å². The maximum absolute atomic E-state index is 13.3. The van der Waals surface area contributed by atoms with E-state index in [0.29, 0.717) is 24.6 Å². The van der Waals surface area contributed by atoms with Crippen LogP contribution in [0.1, 0.15) is 13.8 Å². The Morgan fingerprint density at radius 1 is 1.39 bits per heavy atom. The first kappa shape index (κ1) is 15.9. The van der Waals surface area contributed by atoms with Crippen LogP contribution in [0.5, 0.6) is 0 Å². The Morgan fingerprint density at radius 2 is 2.09 bits per heavy atom. The molecule has 3 heterocycles. The van der Waals surface area contributed by atoms with Gasteiger partial charge in [0.2, 0.25) is 5.95 Å². The topological polar surface area (TPSA) is 71.1 Å². The molecule has 0 bridgehead atoms. The van der Waals surface area contributed by atoms with Crippen molar-refractivity contribution in [3.63, 3.8) is 0 Å². The number of anilines is 1. The SMILES string of the molecule is C[C@@H]1COC[C@H](C)N1c1nc(-c2ccnc(F)c2)[nH]c(=O)c1Cl. The molecule has 1 aliphatic rings. The maximum atomic E-state index is 13.3. The first-order valence-electron chi connectivity index (χ1n) is 7.25. The van der Waals surface area contributed by atoms with Crippen LogP contribution < -0.4 is 10.5 Å². The van der Waals surface area contributed by atoms with Gasteiger partial charge in [0.15, 0.2) is 5.82 Å². The molecular weight excluding hydrogens is 323 g/mol. The van der Waals surface area contributed by atoms with Gasteiger partial charge in [-0.2, -0.15) is 4.39 Å². The highest BCUT2D eigenvalue weighted by molar-refractivity contribution is 6.32. The number of rotatable bonds is 2. The van der Waals surface area contributed by atoms with Gasteiger partial charge in [-0.1, -0.05) is 11.6 Å². The first-order chi connectivity index (χ1) is 11.0. The molecule has 0 spiro atoms. The minimum atomic E-state index is -0.644. The van der Waals surface area contributed by atoms with Crippen molar-refractivity contribution in [1.82, 2.24) is 15.0 Å². The summed E-state index contributed by atoms with van der Waals surface area (Å²) in [5.74, 6) is -0.0118. The van der Waals surface area contributed by atoms with Gasteiger partial charge in [0.05, 0.1) is 25.3 Å². The molecule has 122 valence electrons. The van der Waals surface area contributed by atoms with Crippen molar-refractivity contribution in [2.75, 3.05) is 18.1 Å². The normalized spacial score (nSPS) is 21.5. The molecule has 23 heavy (non-hydrogen) atoms. The average molecular weight is 339 g/mol. The lowest BCUT2D eigenvalue weighted by Crippen LogP contribution is -2.50. The Bertz CT molecular complexity index is 772. The monoisotopic (exact) mass is 338 g/mol. The molecule has 2 aromatic heterocycles. The van der Waals surface area contributed by atoms with Gasteiger partial charge >= 0.3 is 0 Å². The second-order valence-electron chi connectivity index (χ2n) is 5.56. The quantitative estimate of drug-likeness (QED) is 0.850. The predicted octanol–water partition coefficient (Wildman–Crippen LogP) is 2.24. The highest BCUT2D eigenvalue weighted by Gasteiger charge is 2.29. The Morgan fingerprint density at radius 3 is 2.74 bits per heavy atom. The molecule has 0 amide bonds. The van der Waals surface area contributed by atoms with Gasteiger partial charge in [0, 0.05) is 17.8 Å². The fraction of sp³-hybridized carbons (Fsp3) is 0.400. The van der Waals surface area contributed by atoms with Crippen LogP contribution in [-0.2, 0) is 4.74 Å². The number of halogens is 2. The van der Waals surface area contributed by atoms with Gasteiger partial charge in [-0.25, -0.2) is 9.97 Å². The summed E-state index contributed by atoms with van der Waals surface area (Å²) >= 11 is 6.17. The fourth-order valence-corrected chi connectivity index (χ4v) is 2.91. The average Bonchev–Trinajstić information content (AvgIpc) is 2.51. The lowest BCUT2D eigenvalue weighted by Gasteiger charge is -2.40. The van der Waals surface area contributed by atoms with Crippen LogP contribution in [0.2, 0.25) is 5.02 Å². The lowest BCUT2D eigenvalue weighted by molar-refractivity contribution is 0.0752. The van der Waals surface area contributed by atoms with Crippen LogP contribution >= 0.6 is 11.6 Å². The number of pyridine rings is 1. The van der Waals surface area contributed by atoms with Crippen LogP contribution in [0.4, 0.5) is 10.2 Å². The molecule has 0 unspecified atom stereocenters. The number of aromatic nitrogens is 3. The van der Waals surface area contributed by atoms with E-state index in [2.05, 4.69) is 15.0 Å². The van der Waals surface area contributed by atoms with E-state index >= 15 is 0 Å². The molecule has 1 N–H and O–H groups in total. The largest absolute Gasteiger partial charge is 0.377 e. The first-order valence-corrected chi connectivity index (χ1v) is 7.63. The molecule has 0 aromatic carbocycles. The third-order valence-electron chi connectivity index (χ3n) is 3.76. The van der Waals surface area contributed by atoms with E-state index in [1.807, 2.05) is 18.7 Å². The standard InChI is InChI=1S/C15H16ClFN4O2/c1-8-6-23-7-9(2)21(8)14-12(16)15(22)20-13(19-14)10-3-4-18-11(17)5-10/h3-5,8-9H,6-7H2,1-2H3,(H,19,20,22)/t8-,9+. The van der Waals surface area contributed by atoms with Crippen molar-refractivity contribution in [1.29, 1.82) is 0 Å². The number of aromatic amines is 1. The van der Waals surface area contributed by atoms with Gasteiger partial charge in [-0.15, -0.1) is 0 Å². The van der Waals surface area contributed by atoms with E-state index in [4.69, 9.17) is 16.3 Å². The van der Waals surface area contributed by atoms with Crippen molar-refractivity contribution < 1.29 is 9.13 Å². The highest BCUT2D eigenvalue weighted by atomic mass is 35.5. The van der Waals surface area contributed by atoms with Gasteiger partial charge in [-0.05, 0) is 19.9 Å². The summed E-state index contributed by atoms with van der Waals surface area (Å²) in [6.07, 6.45) is 1.32. The second-order valence-corrected chi connectivity index (χ2v) is 5.94. The number of nitrogens with one attached hydrogen (secondary N) is 1. The minimum absolute atomic E-state index is 0.0175. The molecule has 2 atom stereocenters. The number of hydrogen-bond donors (Lipinski definition) is 1. The summed E-state index contributed by atoms with van der Waals surface area (Å²) in [4.78, 5) is 24.7. The van der Waals surface area contributed by atoms with E-state index in [1.165, 1.54) is 12.3 Å². The predicted molar refractivity (Wildman–Crippen MR) is 85.3 cm³/mol. The van der Waals surface area contributed by atoms with Crippen molar-refractivity contribution in [3.05, 3.63) is 39.7 Å². The van der Waals surface area contributed by atoms with Crippen LogP contribution in [0.3, 0.4) is 0 Å². The van der Waals surface area contributed by atoms with Crippen LogP contribution in [0, 0.1) is 5.95 Å². The Hall–Kier alpha value is -1.99. The summed E-state index contributed by atoms with van der Waals surface area (Å²) in [5.41, 5.74) is -0.0316. The number of ether oxygens (including phenoxy) is 1. The van der Waals surface area contributed by atoms with Crippen LogP contribution in [0.25, 0.3) is 11.4 Å². The number of hydrogen-bond acceptors (Lipinski definition) is 5. The smallest absolute Gasteiger partial charge is 0.272 e. The van der Waals surface area contributed by atoms with Crippen molar-refractivity contribution >= 4 is 17.4 Å². The molecule has 1 fully saturated rings. The molecule has 0 saturated carbocycles. The van der Waals surface area contributed by atoms with Gasteiger partial charge < -0.3 is 14.6 Å². The summed E-state index contributed by atoms with van der Waals surface area (Å²) in [7, 11) is 0. The highest BCUT2D eigenvalue weighted by Crippen LogP contribution is 2.28. The third kappa shape index (κ3) is 3.07. The molecule has 2 aromatic rings. The van der Waals surface area contributed by atoms with E-state index in [-0.39, 0.29) is 22.9 Å². The van der Waals surface area contributed by atoms with E-state index in [0.717, 1.165) is 0 Å². The minimum Gasteiger partial charge on any atom is -0.377 e. The van der Waals surface area contributed by atoms with Gasteiger partial charge in [0.1, 0.15) is 10.8 Å². The summed E-state index contributed by atoms with van der Waals surface area (Å²) in [6.45, 7) is 4.99. The van der Waals surface area contributed by atoms with Gasteiger partial charge in [-0.3, -0.25) is 4.79 Å². The molecule has 6 nitrogen and oxygen atoms in total. The van der Waals surface area contributed by atoms with Gasteiger partial charge in [0.25, 0.3) is 5.56 Å². The van der Waals surface area contributed by atoms with Crippen molar-refractivity contribution in [3.8, 4) is 11.4 Å². The summed E-state index contributed by atoms with van der Waals surface area (Å²) in [5, 5.41) is 0.0175. The Balaban J connectivity index is 2.12. The molecular formula is C15H16ClFN4O2. The van der Waals surface area contributed by atoms with E-state index in [1.54, 1.807) is 6.07 Å².